The molecule has 0 fully saturated rings. The summed E-state index contributed by atoms with van der Waals surface area (Å²) < 4.78 is 23.5. The van der Waals surface area contributed by atoms with Crippen molar-refractivity contribution >= 4 is 32.8 Å². The van der Waals surface area contributed by atoms with Crippen LogP contribution in [0.1, 0.15) is 0 Å². The second kappa shape index (κ2) is 3.59. The number of urea groups is 1. The third-order valence-corrected chi connectivity index (χ3v) is 0.926. The molecule has 0 aromatic carbocycles. The third kappa shape index (κ3) is 3.79. The average molecular weight is 200 g/mol. The van der Waals surface area contributed by atoms with E-state index in [-0.39, 0.29) is 0 Å². The summed E-state index contributed by atoms with van der Waals surface area (Å²) in [4.78, 5) is 9.92. The zero-order chi connectivity index (χ0) is 6.57. The van der Waals surface area contributed by atoms with Crippen LogP contribution in [0, 0.1) is 0 Å². The van der Waals surface area contributed by atoms with Crippen LogP contribution in [0.15, 0.2) is 4.36 Å². The number of amides is 2. The van der Waals surface area contributed by atoms with Gasteiger partial charge in [-0.2, -0.15) is 0 Å². The summed E-state index contributed by atoms with van der Waals surface area (Å²) in [5, 5.41) is 0. The van der Waals surface area contributed by atoms with Gasteiger partial charge in [0.15, 0.2) is 0 Å². The van der Waals surface area contributed by atoms with E-state index in [1.54, 1.807) is 0 Å². The molecule has 0 aromatic heterocycles. The van der Waals surface area contributed by atoms with Crippen molar-refractivity contribution in [2.24, 2.45) is 4.36 Å². The zero-order valence-corrected chi connectivity index (χ0v) is 6.02. The predicted octanol–water partition coefficient (Wildman–Crippen LogP) is -1.16. The summed E-state index contributed by atoms with van der Waals surface area (Å²) in [6.45, 7) is 0. The Morgan fingerprint density at radius 3 is 2.25 bits per heavy atom. The molecule has 0 rings (SSSR count). The van der Waals surface area contributed by atoms with Crippen LogP contribution < -0.4 is 4.33 Å². The molecule has 0 aliphatic rings. The van der Waals surface area contributed by atoms with Crippen molar-refractivity contribution in [1.82, 2.24) is 4.33 Å². The van der Waals surface area contributed by atoms with Gasteiger partial charge in [-0.3, -0.25) is 0 Å². The van der Waals surface area contributed by atoms with Crippen LogP contribution in [0.3, 0.4) is 0 Å². The molecule has 7 heteroatoms. The second-order valence-corrected chi connectivity index (χ2v) is 1.76. The van der Waals surface area contributed by atoms with E-state index < -0.39 is 16.5 Å². The van der Waals surface area contributed by atoms with Crippen LogP contribution in [0.25, 0.3) is 0 Å². The molecule has 0 saturated carbocycles. The molecule has 0 saturated heterocycles. The minimum absolute atomic E-state index is 0.918. The molecular formula is CHN2O3SSe. The molecule has 2 amide bonds. The van der Waals surface area contributed by atoms with Crippen LogP contribution in [0.5, 0.6) is 0 Å². The van der Waals surface area contributed by atoms with Gasteiger partial charge >= 0.3 is 54.7 Å². The van der Waals surface area contributed by atoms with E-state index in [1.807, 2.05) is 4.33 Å². The molecule has 8 heavy (non-hydrogen) atoms. The molecule has 0 aliphatic carbocycles. The van der Waals surface area contributed by atoms with Gasteiger partial charge in [-0.1, -0.05) is 0 Å². The topological polar surface area (TPSA) is 75.6 Å². The summed E-state index contributed by atoms with van der Waals surface area (Å²) in [6.07, 6.45) is 0. The van der Waals surface area contributed by atoms with Crippen LogP contribution in [0.2, 0.25) is 0 Å². The summed E-state index contributed by atoms with van der Waals surface area (Å²) in [5.41, 5.74) is 0. The quantitative estimate of drug-likeness (QED) is 0.501. The van der Waals surface area contributed by atoms with E-state index in [0.717, 1.165) is 0 Å². The number of hydrogen-bond donors (Lipinski definition) is 1. The van der Waals surface area contributed by atoms with Gasteiger partial charge < -0.3 is 0 Å². The van der Waals surface area contributed by atoms with E-state index in [0.29, 0.717) is 0 Å². The van der Waals surface area contributed by atoms with E-state index in [4.69, 9.17) is 0 Å². The minimum atomic E-state index is -2.65. The van der Waals surface area contributed by atoms with Crippen molar-refractivity contribution in [2.45, 2.75) is 0 Å². The van der Waals surface area contributed by atoms with Gasteiger partial charge in [-0.25, -0.2) is 0 Å². The first-order chi connectivity index (χ1) is 3.66. The Kier molecular flexibility index (Phi) is 3.42. The summed E-state index contributed by atoms with van der Waals surface area (Å²) in [5.74, 6) is 0. The third-order valence-electron chi connectivity index (χ3n) is 0.245. The molecule has 0 bridgehead atoms. The predicted molar refractivity (Wildman–Crippen MR) is 25.6 cm³/mol. The van der Waals surface area contributed by atoms with Crippen molar-refractivity contribution in [1.29, 1.82) is 0 Å². The van der Waals surface area contributed by atoms with Gasteiger partial charge in [0.25, 0.3) is 0 Å². The fourth-order valence-corrected chi connectivity index (χ4v) is 0.494. The van der Waals surface area contributed by atoms with Gasteiger partial charge in [0.1, 0.15) is 0 Å². The van der Waals surface area contributed by atoms with Crippen molar-refractivity contribution in [3.8, 4) is 0 Å². The number of hydrogen-bond acceptors (Lipinski definition) is 3. The van der Waals surface area contributed by atoms with Gasteiger partial charge in [0.2, 0.25) is 0 Å². The van der Waals surface area contributed by atoms with Gasteiger partial charge in [0.05, 0.1) is 0 Å². The van der Waals surface area contributed by atoms with E-state index in [9.17, 15) is 13.2 Å². The molecule has 0 spiro atoms. The Morgan fingerprint density at radius 1 is 1.62 bits per heavy atom. The Bertz CT molecular complexity index is 197. The molecule has 1 radical (unpaired) electrons. The molecule has 0 aliphatic heterocycles. The van der Waals surface area contributed by atoms with Crippen LogP contribution in [-0.2, 0) is 10.5 Å². The van der Waals surface area contributed by atoms with Crippen LogP contribution in [0.4, 0.5) is 4.79 Å². The number of carbonyl (C=O) groups is 1. The van der Waals surface area contributed by atoms with Crippen molar-refractivity contribution in [2.75, 3.05) is 0 Å². The number of rotatable bonds is 0. The monoisotopic (exact) mass is 201 g/mol. The van der Waals surface area contributed by atoms with Crippen LogP contribution >= 0.6 is 0 Å². The maximum atomic E-state index is 9.92. The normalized spacial score (nSPS) is 7.62. The first kappa shape index (κ1) is 7.61. The Balaban J connectivity index is 4.12. The summed E-state index contributed by atoms with van der Waals surface area (Å²) in [6, 6.07) is -0.918. The van der Waals surface area contributed by atoms with E-state index in [2.05, 4.69) is 20.6 Å². The number of nitrogens with one attached hydrogen (secondary N) is 1. The summed E-state index contributed by atoms with van der Waals surface area (Å²) in [7, 11) is -2.65. The SMILES string of the molecule is O=C(N=S(=O)=O)N[Se]. The number of carbonyl (C=O) groups excluding carboxylic acids is 1. The standard InChI is InChI=1S/CHN2O3SSe/c4-1(3-8)2-7(5)6/h(H,3,4). The molecule has 0 aromatic rings. The second-order valence-electron chi connectivity index (χ2n) is 0.716. The fraction of sp³-hybridized carbons (Fsp3) is 0. The Labute approximate surface area is 55.2 Å². The van der Waals surface area contributed by atoms with E-state index in [1.165, 1.54) is 0 Å². The fourth-order valence-electron chi connectivity index (χ4n) is 0.0863. The molecule has 0 unspecified atom stereocenters. The van der Waals surface area contributed by atoms with Gasteiger partial charge in [-0.15, -0.1) is 0 Å². The Hall–Kier alpha value is -0.391. The molecule has 0 atom stereocenters. The van der Waals surface area contributed by atoms with Gasteiger partial charge in [0, 0.05) is 0 Å². The average Bonchev–Trinajstić information content (AvgIpc) is 1.65. The molecule has 0 heterocycles. The van der Waals surface area contributed by atoms with E-state index >= 15 is 0 Å². The van der Waals surface area contributed by atoms with Crippen LogP contribution in [-0.4, -0.2) is 30.7 Å². The Morgan fingerprint density at radius 2 is 2.12 bits per heavy atom. The van der Waals surface area contributed by atoms with Crippen molar-refractivity contribution < 1.29 is 13.2 Å². The maximum absolute atomic E-state index is 9.92. The van der Waals surface area contributed by atoms with Crippen molar-refractivity contribution in [3.63, 3.8) is 0 Å². The number of nitrogens with zero attached hydrogens (tertiary/aromatic N) is 1. The first-order valence-electron chi connectivity index (χ1n) is 1.40. The first-order valence-corrected chi connectivity index (χ1v) is 3.29. The van der Waals surface area contributed by atoms with Gasteiger partial charge in [-0.05, 0) is 0 Å². The molecule has 5 nitrogen and oxygen atoms in total. The zero-order valence-electron chi connectivity index (χ0n) is 3.49. The molecular weight excluding hydrogens is 199 g/mol. The molecule has 45 valence electrons. The van der Waals surface area contributed by atoms with Crippen molar-refractivity contribution in [3.05, 3.63) is 0 Å². The summed E-state index contributed by atoms with van der Waals surface area (Å²) >= 11 is 2.08. The molecule has 1 N–H and O–H groups in total.